The van der Waals surface area contributed by atoms with Crippen molar-refractivity contribution in [2.45, 2.75) is 18.9 Å². The Morgan fingerprint density at radius 3 is 2.75 bits per heavy atom. The first-order chi connectivity index (χ1) is 9.57. The number of hydrogen-bond acceptors (Lipinski definition) is 8. The summed E-state index contributed by atoms with van der Waals surface area (Å²) in [5.41, 5.74) is 1.70. The largest absolute Gasteiger partial charge is 0.388 e. The first-order valence-corrected chi connectivity index (χ1v) is 6.26. The van der Waals surface area contributed by atoms with Gasteiger partial charge in [0.2, 0.25) is 17.8 Å². The molecule has 0 radical (unpaired) electrons. The van der Waals surface area contributed by atoms with Crippen molar-refractivity contribution in [2.24, 2.45) is 5.84 Å². The lowest BCUT2D eigenvalue weighted by atomic mass is 10.1. The molecule has 20 heavy (non-hydrogen) atoms. The Morgan fingerprint density at radius 1 is 1.35 bits per heavy atom. The van der Waals surface area contributed by atoms with Crippen molar-refractivity contribution >= 4 is 11.9 Å². The Hall–Kier alpha value is -2.26. The summed E-state index contributed by atoms with van der Waals surface area (Å²) in [5.74, 6) is 6.57. The second kappa shape index (κ2) is 4.69. The molecule has 1 unspecified atom stereocenters. The molecule has 3 rings (SSSR count). The predicted molar refractivity (Wildman–Crippen MR) is 72.2 cm³/mol. The number of aliphatic hydroxyl groups is 1. The van der Waals surface area contributed by atoms with Crippen LogP contribution in [-0.2, 0) is 0 Å². The molecule has 0 amide bonds. The van der Waals surface area contributed by atoms with Gasteiger partial charge in [0.1, 0.15) is 6.33 Å². The quantitative estimate of drug-likeness (QED) is 0.497. The third kappa shape index (κ3) is 2.40. The highest BCUT2D eigenvalue weighted by Crippen LogP contribution is 2.24. The van der Waals surface area contributed by atoms with E-state index in [1.165, 1.54) is 0 Å². The Morgan fingerprint density at radius 2 is 2.15 bits per heavy atom. The minimum absolute atomic E-state index is 0.269. The van der Waals surface area contributed by atoms with Crippen LogP contribution in [0.15, 0.2) is 18.7 Å². The first-order valence-electron chi connectivity index (χ1n) is 6.26. The summed E-state index contributed by atoms with van der Waals surface area (Å²) in [6, 6.07) is 0. The summed E-state index contributed by atoms with van der Waals surface area (Å²) in [5, 5.41) is 10.0. The molecule has 4 N–H and O–H groups in total. The average Bonchev–Trinajstić information content (AvgIpc) is 3.07. The molecule has 1 fully saturated rings. The lowest BCUT2D eigenvalue weighted by Crippen LogP contribution is -2.31. The zero-order chi connectivity index (χ0) is 14.2. The number of aromatic nitrogens is 5. The van der Waals surface area contributed by atoms with Gasteiger partial charge in [0, 0.05) is 25.5 Å². The van der Waals surface area contributed by atoms with Crippen molar-refractivity contribution < 1.29 is 5.11 Å². The van der Waals surface area contributed by atoms with Crippen LogP contribution in [0.2, 0.25) is 0 Å². The molecule has 0 spiro atoms. The van der Waals surface area contributed by atoms with Gasteiger partial charge in [-0.2, -0.15) is 15.0 Å². The van der Waals surface area contributed by atoms with Gasteiger partial charge in [-0.05, 0) is 13.3 Å². The zero-order valence-electron chi connectivity index (χ0n) is 11.1. The fraction of sp³-hybridized carbons (Fsp3) is 0.455. The first kappa shape index (κ1) is 12.8. The molecule has 0 aromatic carbocycles. The Kier molecular flexibility index (Phi) is 2.99. The van der Waals surface area contributed by atoms with Gasteiger partial charge < -0.3 is 10.0 Å². The smallest absolute Gasteiger partial charge is 0.243 e. The Labute approximate surface area is 115 Å². The van der Waals surface area contributed by atoms with Gasteiger partial charge in [-0.25, -0.2) is 10.8 Å². The van der Waals surface area contributed by atoms with E-state index in [0.717, 1.165) is 0 Å². The third-order valence-electron chi connectivity index (χ3n) is 3.21. The summed E-state index contributed by atoms with van der Waals surface area (Å²) in [4.78, 5) is 18.7. The van der Waals surface area contributed by atoms with E-state index in [1.807, 2.05) is 4.90 Å². The fourth-order valence-electron chi connectivity index (χ4n) is 2.17. The molecule has 2 aromatic rings. The highest BCUT2D eigenvalue weighted by Gasteiger charge is 2.33. The van der Waals surface area contributed by atoms with E-state index in [0.29, 0.717) is 31.4 Å². The monoisotopic (exact) mass is 276 g/mol. The van der Waals surface area contributed by atoms with Crippen molar-refractivity contribution in [1.82, 2.24) is 24.5 Å². The molecule has 0 aliphatic carbocycles. The van der Waals surface area contributed by atoms with Crippen molar-refractivity contribution in [1.29, 1.82) is 0 Å². The molecule has 1 aliphatic rings. The molecule has 1 atom stereocenters. The summed E-state index contributed by atoms with van der Waals surface area (Å²) in [7, 11) is 0. The third-order valence-corrected chi connectivity index (χ3v) is 3.21. The van der Waals surface area contributed by atoms with Crippen molar-refractivity contribution in [3.8, 4) is 5.95 Å². The number of hydrazine groups is 1. The SMILES string of the molecule is CC1(O)CCN(c2nc(NN)nc(-n3ccnc3)n2)C1. The molecular formula is C11H16N8O. The summed E-state index contributed by atoms with van der Waals surface area (Å²) >= 11 is 0. The highest BCUT2D eigenvalue weighted by atomic mass is 16.3. The number of nitrogens with two attached hydrogens (primary N) is 1. The predicted octanol–water partition coefficient (Wildman–Crippen LogP) is -0.696. The number of hydrogen-bond donors (Lipinski definition) is 3. The maximum atomic E-state index is 10.0. The Balaban J connectivity index is 1.97. The van der Waals surface area contributed by atoms with Crippen LogP contribution in [0.25, 0.3) is 5.95 Å². The maximum Gasteiger partial charge on any atom is 0.243 e. The molecule has 106 valence electrons. The highest BCUT2D eigenvalue weighted by molar-refractivity contribution is 5.41. The summed E-state index contributed by atoms with van der Waals surface area (Å²) in [6.07, 6.45) is 5.64. The standard InChI is InChI=1S/C11H16N8O/c1-11(20)2-4-18(6-11)9-14-8(17-12)15-10(16-9)19-5-3-13-7-19/h3,5,7,20H,2,4,6,12H2,1H3,(H,14,15,16,17). The van der Waals surface area contributed by atoms with Crippen molar-refractivity contribution in [3.05, 3.63) is 18.7 Å². The zero-order valence-corrected chi connectivity index (χ0v) is 11.1. The number of nitrogens with one attached hydrogen (secondary N) is 1. The lowest BCUT2D eigenvalue weighted by Gasteiger charge is -2.19. The van der Waals surface area contributed by atoms with Gasteiger partial charge >= 0.3 is 0 Å². The number of rotatable bonds is 3. The minimum atomic E-state index is -0.724. The maximum absolute atomic E-state index is 10.0. The second-order valence-corrected chi connectivity index (χ2v) is 5.04. The van der Waals surface area contributed by atoms with Crippen LogP contribution in [0.1, 0.15) is 13.3 Å². The number of nitrogens with zero attached hydrogens (tertiary/aromatic N) is 6. The molecular weight excluding hydrogens is 260 g/mol. The van der Waals surface area contributed by atoms with Gasteiger partial charge in [-0.15, -0.1) is 0 Å². The average molecular weight is 276 g/mol. The molecule has 0 saturated carbocycles. The van der Waals surface area contributed by atoms with Crippen LogP contribution in [-0.4, -0.2) is 48.3 Å². The van der Waals surface area contributed by atoms with E-state index in [1.54, 1.807) is 30.2 Å². The Bertz CT molecular complexity index is 596. The molecule has 3 heterocycles. The van der Waals surface area contributed by atoms with E-state index in [9.17, 15) is 5.11 Å². The molecule has 1 saturated heterocycles. The van der Waals surface area contributed by atoms with Crippen LogP contribution < -0.4 is 16.2 Å². The van der Waals surface area contributed by atoms with Crippen molar-refractivity contribution in [3.63, 3.8) is 0 Å². The topological polar surface area (TPSA) is 118 Å². The molecule has 2 aromatic heterocycles. The number of imidazole rings is 1. The number of nitrogen functional groups attached to an aromatic ring is 1. The van der Waals surface area contributed by atoms with E-state index in [4.69, 9.17) is 5.84 Å². The number of β-amino-alcohol motifs (C(OH)–C–C–N with tert-alkyl or cyclic N) is 1. The number of anilines is 2. The lowest BCUT2D eigenvalue weighted by molar-refractivity contribution is 0.0838. The van der Waals surface area contributed by atoms with Gasteiger partial charge in [0.15, 0.2) is 0 Å². The van der Waals surface area contributed by atoms with E-state index in [2.05, 4.69) is 25.4 Å². The van der Waals surface area contributed by atoms with Crippen LogP contribution in [0.4, 0.5) is 11.9 Å². The van der Waals surface area contributed by atoms with E-state index < -0.39 is 5.60 Å². The van der Waals surface area contributed by atoms with Gasteiger partial charge in [0.05, 0.1) is 5.60 Å². The summed E-state index contributed by atoms with van der Waals surface area (Å²) < 4.78 is 1.67. The molecule has 9 nitrogen and oxygen atoms in total. The molecule has 1 aliphatic heterocycles. The van der Waals surface area contributed by atoms with Gasteiger partial charge in [-0.3, -0.25) is 9.99 Å². The van der Waals surface area contributed by atoms with Crippen molar-refractivity contribution in [2.75, 3.05) is 23.4 Å². The second-order valence-electron chi connectivity index (χ2n) is 5.04. The van der Waals surface area contributed by atoms with E-state index in [-0.39, 0.29) is 5.95 Å². The van der Waals surface area contributed by atoms with Crippen LogP contribution in [0.5, 0.6) is 0 Å². The minimum Gasteiger partial charge on any atom is -0.388 e. The molecule has 9 heteroatoms. The normalized spacial score (nSPS) is 22.2. The van der Waals surface area contributed by atoms with Crippen LogP contribution in [0, 0.1) is 0 Å². The fourth-order valence-corrected chi connectivity index (χ4v) is 2.17. The molecule has 0 bridgehead atoms. The van der Waals surface area contributed by atoms with Gasteiger partial charge in [0.25, 0.3) is 0 Å². The van der Waals surface area contributed by atoms with Crippen LogP contribution in [0.3, 0.4) is 0 Å². The van der Waals surface area contributed by atoms with Gasteiger partial charge in [-0.1, -0.05) is 0 Å². The summed E-state index contributed by atoms with van der Waals surface area (Å²) in [6.45, 7) is 2.96. The van der Waals surface area contributed by atoms with Crippen LogP contribution >= 0.6 is 0 Å². The van der Waals surface area contributed by atoms with E-state index >= 15 is 0 Å².